The van der Waals surface area contributed by atoms with Gasteiger partial charge in [0.05, 0.1) is 0 Å². The van der Waals surface area contributed by atoms with E-state index >= 15 is 0 Å². The van der Waals surface area contributed by atoms with Gasteiger partial charge in [0.15, 0.2) is 0 Å². The lowest BCUT2D eigenvalue weighted by molar-refractivity contribution is 0.122. The minimum absolute atomic E-state index is 0.00547. The van der Waals surface area contributed by atoms with Crippen LogP contribution in [-0.4, -0.2) is 31.8 Å². The smallest absolute Gasteiger partial charge is 0.315 e. The SMILES string of the molecule is O=C(NCCCOCC1CC1)NC1CCCCCC1. The van der Waals surface area contributed by atoms with Crippen LogP contribution >= 0.6 is 0 Å². The molecule has 2 rings (SSSR count). The van der Waals surface area contributed by atoms with Crippen LogP contribution in [0.25, 0.3) is 0 Å². The van der Waals surface area contributed by atoms with Crippen molar-refractivity contribution in [2.75, 3.05) is 19.8 Å². The summed E-state index contributed by atoms with van der Waals surface area (Å²) in [6, 6.07) is 0.378. The second-order valence-corrected chi connectivity index (χ2v) is 5.96. The molecule has 0 saturated heterocycles. The van der Waals surface area contributed by atoms with Gasteiger partial charge in [0, 0.05) is 25.8 Å². The van der Waals surface area contributed by atoms with E-state index in [0.717, 1.165) is 38.4 Å². The van der Waals surface area contributed by atoms with Crippen LogP contribution in [0.5, 0.6) is 0 Å². The summed E-state index contributed by atoms with van der Waals surface area (Å²) in [5, 5.41) is 6.01. The van der Waals surface area contributed by atoms with Crippen molar-refractivity contribution < 1.29 is 9.53 Å². The molecule has 0 aromatic rings. The number of carbonyl (C=O) groups excluding carboxylic acids is 1. The molecule has 4 nitrogen and oxygen atoms in total. The van der Waals surface area contributed by atoms with Crippen LogP contribution < -0.4 is 10.6 Å². The zero-order valence-electron chi connectivity index (χ0n) is 12.0. The molecule has 2 amide bonds. The van der Waals surface area contributed by atoms with Gasteiger partial charge in [0.2, 0.25) is 0 Å². The Morgan fingerprint density at radius 2 is 1.79 bits per heavy atom. The lowest BCUT2D eigenvalue weighted by atomic mass is 10.1. The molecule has 4 heteroatoms. The Balaban J connectivity index is 1.44. The normalized spacial score (nSPS) is 20.8. The molecule has 0 radical (unpaired) electrons. The van der Waals surface area contributed by atoms with E-state index in [2.05, 4.69) is 10.6 Å². The van der Waals surface area contributed by atoms with Crippen molar-refractivity contribution in [2.45, 2.75) is 63.8 Å². The van der Waals surface area contributed by atoms with Gasteiger partial charge in [-0.2, -0.15) is 0 Å². The number of rotatable bonds is 7. The molecule has 0 aromatic carbocycles. The summed E-state index contributed by atoms with van der Waals surface area (Å²) in [5.74, 6) is 0.825. The fourth-order valence-electron chi connectivity index (χ4n) is 2.57. The zero-order chi connectivity index (χ0) is 13.3. The average molecular weight is 268 g/mol. The summed E-state index contributed by atoms with van der Waals surface area (Å²) in [6.45, 7) is 2.39. The molecule has 19 heavy (non-hydrogen) atoms. The van der Waals surface area contributed by atoms with Gasteiger partial charge in [-0.1, -0.05) is 25.7 Å². The molecule has 0 aliphatic heterocycles. The highest BCUT2D eigenvalue weighted by Gasteiger charge is 2.20. The summed E-state index contributed by atoms with van der Waals surface area (Å²) in [7, 11) is 0. The van der Waals surface area contributed by atoms with Gasteiger partial charge < -0.3 is 15.4 Å². The Morgan fingerprint density at radius 1 is 1.05 bits per heavy atom. The highest BCUT2D eigenvalue weighted by molar-refractivity contribution is 5.74. The van der Waals surface area contributed by atoms with Crippen LogP contribution in [0, 0.1) is 5.92 Å². The third kappa shape index (κ3) is 6.81. The van der Waals surface area contributed by atoms with Gasteiger partial charge in [-0.15, -0.1) is 0 Å². The standard InChI is InChI=1S/C15H28N2O2/c18-15(17-14-6-3-1-2-4-7-14)16-10-5-11-19-12-13-8-9-13/h13-14H,1-12H2,(H2,16,17,18). The molecular weight excluding hydrogens is 240 g/mol. The van der Waals surface area contributed by atoms with Gasteiger partial charge in [0.25, 0.3) is 0 Å². The molecular formula is C15H28N2O2. The van der Waals surface area contributed by atoms with Gasteiger partial charge >= 0.3 is 6.03 Å². The van der Waals surface area contributed by atoms with Crippen LogP contribution in [0.2, 0.25) is 0 Å². The first kappa shape index (κ1) is 14.6. The molecule has 2 fully saturated rings. The Hall–Kier alpha value is -0.770. The highest BCUT2D eigenvalue weighted by Crippen LogP contribution is 2.28. The predicted octanol–water partition coefficient (Wildman–Crippen LogP) is 2.83. The second-order valence-electron chi connectivity index (χ2n) is 5.96. The molecule has 0 bridgehead atoms. The molecule has 110 valence electrons. The van der Waals surface area contributed by atoms with E-state index in [1.165, 1.54) is 38.5 Å². The maximum absolute atomic E-state index is 11.7. The first-order chi connectivity index (χ1) is 9.34. The van der Waals surface area contributed by atoms with Crippen molar-refractivity contribution in [3.05, 3.63) is 0 Å². The van der Waals surface area contributed by atoms with E-state index in [-0.39, 0.29) is 6.03 Å². The summed E-state index contributed by atoms with van der Waals surface area (Å²) in [4.78, 5) is 11.7. The molecule has 2 saturated carbocycles. The topological polar surface area (TPSA) is 50.4 Å². The molecule has 2 aliphatic carbocycles. The maximum Gasteiger partial charge on any atom is 0.315 e. The van der Waals surface area contributed by atoms with E-state index in [1.807, 2.05) is 0 Å². The number of urea groups is 1. The number of amides is 2. The second kappa shape index (κ2) is 8.41. The fraction of sp³-hybridized carbons (Fsp3) is 0.933. The highest BCUT2D eigenvalue weighted by atomic mass is 16.5. The van der Waals surface area contributed by atoms with Crippen molar-refractivity contribution in [3.63, 3.8) is 0 Å². The Kier molecular flexibility index (Phi) is 6.48. The fourth-order valence-corrected chi connectivity index (χ4v) is 2.57. The Bertz CT molecular complexity index is 259. The molecule has 2 N–H and O–H groups in total. The summed E-state index contributed by atoms with van der Waals surface area (Å²) >= 11 is 0. The molecule has 2 aliphatic rings. The van der Waals surface area contributed by atoms with Crippen molar-refractivity contribution >= 4 is 6.03 Å². The van der Waals surface area contributed by atoms with E-state index in [4.69, 9.17) is 4.74 Å². The summed E-state index contributed by atoms with van der Waals surface area (Å²) in [5.41, 5.74) is 0. The monoisotopic (exact) mass is 268 g/mol. The molecule has 0 atom stereocenters. The largest absolute Gasteiger partial charge is 0.381 e. The molecule has 0 aromatic heterocycles. The molecule has 0 spiro atoms. The van der Waals surface area contributed by atoms with Crippen molar-refractivity contribution in [1.29, 1.82) is 0 Å². The maximum atomic E-state index is 11.7. The summed E-state index contributed by atoms with van der Waals surface area (Å²) < 4.78 is 5.53. The number of hydrogen-bond donors (Lipinski definition) is 2. The van der Waals surface area contributed by atoms with E-state index < -0.39 is 0 Å². The zero-order valence-corrected chi connectivity index (χ0v) is 12.0. The van der Waals surface area contributed by atoms with Crippen molar-refractivity contribution in [2.24, 2.45) is 5.92 Å². The van der Waals surface area contributed by atoms with Crippen LogP contribution in [0.1, 0.15) is 57.8 Å². The quantitative estimate of drug-likeness (QED) is 0.551. The van der Waals surface area contributed by atoms with Crippen LogP contribution in [0.15, 0.2) is 0 Å². The Morgan fingerprint density at radius 3 is 2.47 bits per heavy atom. The average Bonchev–Trinajstić information content (AvgIpc) is 3.21. The lowest BCUT2D eigenvalue weighted by Gasteiger charge is -2.16. The van der Waals surface area contributed by atoms with E-state index in [0.29, 0.717) is 12.6 Å². The van der Waals surface area contributed by atoms with Crippen LogP contribution in [0.4, 0.5) is 4.79 Å². The van der Waals surface area contributed by atoms with Crippen molar-refractivity contribution in [1.82, 2.24) is 10.6 Å². The minimum Gasteiger partial charge on any atom is -0.381 e. The van der Waals surface area contributed by atoms with Gasteiger partial charge in [0.1, 0.15) is 0 Å². The van der Waals surface area contributed by atoms with E-state index in [1.54, 1.807) is 0 Å². The van der Waals surface area contributed by atoms with E-state index in [9.17, 15) is 4.79 Å². The predicted molar refractivity (Wildman–Crippen MR) is 76.2 cm³/mol. The van der Waals surface area contributed by atoms with Gasteiger partial charge in [-0.25, -0.2) is 4.79 Å². The number of nitrogens with one attached hydrogen (secondary N) is 2. The molecule has 0 unspecified atom stereocenters. The lowest BCUT2D eigenvalue weighted by Crippen LogP contribution is -2.42. The molecule has 0 heterocycles. The number of ether oxygens (including phenoxy) is 1. The number of hydrogen-bond acceptors (Lipinski definition) is 2. The first-order valence-corrected chi connectivity index (χ1v) is 7.96. The van der Waals surface area contributed by atoms with Crippen LogP contribution in [-0.2, 0) is 4.74 Å². The summed E-state index contributed by atoms with van der Waals surface area (Å²) in [6.07, 6.45) is 11.0. The van der Waals surface area contributed by atoms with Gasteiger partial charge in [-0.3, -0.25) is 0 Å². The Labute approximate surface area is 116 Å². The third-order valence-electron chi connectivity index (χ3n) is 3.99. The van der Waals surface area contributed by atoms with Gasteiger partial charge in [-0.05, 0) is 38.0 Å². The third-order valence-corrected chi connectivity index (χ3v) is 3.99. The van der Waals surface area contributed by atoms with Crippen LogP contribution in [0.3, 0.4) is 0 Å². The number of carbonyl (C=O) groups is 1. The minimum atomic E-state index is -0.00547. The first-order valence-electron chi connectivity index (χ1n) is 7.96. The van der Waals surface area contributed by atoms with Crippen molar-refractivity contribution in [3.8, 4) is 0 Å².